The van der Waals surface area contributed by atoms with Crippen LogP contribution in [0.25, 0.3) is 0 Å². The number of carbonyl (C=O) groups is 1. The number of aromatic nitrogens is 2. The summed E-state index contributed by atoms with van der Waals surface area (Å²) < 4.78 is 5.43. The first kappa shape index (κ1) is 15.9. The van der Waals surface area contributed by atoms with Crippen LogP contribution in [0.3, 0.4) is 0 Å². The van der Waals surface area contributed by atoms with Crippen molar-refractivity contribution >= 4 is 17.5 Å². The molecule has 6 heteroatoms. The van der Waals surface area contributed by atoms with Gasteiger partial charge in [0.1, 0.15) is 5.75 Å². The molecule has 0 spiro atoms. The molecule has 2 aliphatic rings. The second-order valence-corrected chi connectivity index (χ2v) is 6.70. The van der Waals surface area contributed by atoms with Crippen molar-refractivity contribution in [1.82, 2.24) is 9.97 Å². The van der Waals surface area contributed by atoms with Gasteiger partial charge in [0, 0.05) is 18.7 Å². The van der Waals surface area contributed by atoms with E-state index in [1.807, 2.05) is 24.3 Å². The third kappa shape index (κ3) is 2.92. The van der Waals surface area contributed by atoms with E-state index in [1.165, 1.54) is 12.8 Å². The third-order valence-corrected chi connectivity index (χ3v) is 5.09. The molecule has 6 nitrogen and oxygen atoms in total. The molecule has 0 atom stereocenters. The van der Waals surface area contributed by atoms with Crippen molar-refractivity contribution in [3.05, 3.63) is 42.2 Å². The molecule has 0 bridgehead atoms. The number of anilines is 2. The largest absolute Gasteiger partial charge is 0.496 e. The Bertz CT molecular complexity index is 765. The molecule has 1 aromatic carbocycles. The number of hydrogen-bond donors (Lipinski definition) is 1. The average molecular weight is 338 g/mol. The molecule has 0 unspecified atom stereocenters. The number of nitrogens with zero attached hydrogens (tertiary/aromatic N) is 3. The van der Waals surface area contributed by atoms with Gasteiger partial charge in [0.25, 0.3) is 0 Å². The van der Waals surface area contributed by atoms with E-state index in [9.17, 15) is 4.79 Å². The fraction of sp³-hybridized carbons (Fsp3) is 0.421. The Morgan fingerprint density at radius 1 is 1.16 bits per heavy atom. The van der Waals surface area contributed by atoms with Crippen molar-refractivity contribution in [1.29, 1.82) is 0 Å². The molecule has 1 saturated heterocycles. The van der Waals surface area contributed by atoms with Crippen LogP contribution in [-0.4, -0.2) is 36.1 Å². The predicted molar refractivity (Wildman–Crippen MR) is 96.0 cm³/mol. The first-order valence-corrected chi connectivity index (χ1v) is 8.75. The summed E-state index contributed by atoms with van der Waals surface area (Å²) in [4.78, 5) is 23.8. The highest BCUT2D eigenvalue weighted by molar-refractivity contribution is 6.01. The van der Waals surface area contributed by atoms with Gasteiger partial charge in [0.15, 0.2) is 0 Å². The van der Waals surface area contributed by atoms with Crippen molar-refractivity contribution in [3.8, 4) is 5.75 Å². The molecule has 1 aromatic heterocycles. The van der Waals surface area contributed by atoms with Crippen LogP contribution in [0.5, 0.6) is 5.75 Å². The highest BCUT2D eigenvalue weighted by Gasteiger charge is 2.52. The lowest BCUT2D eigenvalue weighted by atomic mass is 9.94. The Morgan fingerprint density at radius 2 is 1.84 bits per heavy atom. The van der Waals surface area contributed by atoms with Gasteiger partial charge < -0.3 is 15.0 Å². The number of methoxy groups -OCH3 is 1. The summed E-state index contributed by atoms with van der Waals surface area (Å²) in [5, 5.41) is 2.97. The van der Waals surface area contributed by atoms with E-state index in [2.05, 4.69) is 20.2 Å². The highest BCUT2D eigenvalue weighted by Crippen LogP contribution is 2.51. The molecule has 2 heterocycles. The van der Waals surface area contributed by atoms with Crippen LogP contribution in [0, 0.1) is 0 Å². The molecule has 1 aliphatic heterocycles. The highest BCUT2D eigenvalue weighted by atomic mass is 16.5. The predicted octanol–water partition coefficient (Wildman–Crippen LogP) is 2.76. The minimum atomic E-state index is -0.500. The first-order valence-electron chi connectivity index (χ1n) is 8.75. The van der Waals surface area contributed by atoms with Crippen molar-refractivity contribution in [3.63, 3.8) is 0 Å². The van der Waals surface area contributed by atoms with Gasteiger partial charge in [0.05, 0.1) is 30.6 Å². The Balaban J connectivity index is 1.50. The number of hydrogen-bond acceptors (Lipinski definition) is 5. The second kappa shape index (κ2) is 6.35. The molecule has 2 aromatic rings. The number of nitrogens with one attached hydrogen (secondary N) is 1. The summed E-state index contributed by atoms with van der Waals surface area (Å²) in [6, 6.07) is 7.73. The van der Waals surface area contributed by atoms with Crippen LogP contribution < -0.4 is 15.0 Å². The zero-order valence-corrected chi connectivity index (χ0v) is 14.4. The lowest BCUT2D eigenvalue weighted by molar-refractivity contribution is -0.118. The zero-order chi connectivity index (χ0) is 17.3. The topological polar surface area (TPSA) is 67.3 Å². The number of rotatable bonds is 5. The van der Waals surface area contributed by atoms with E-state index in [-0.39, 0.29) is 5.91 Å². The van der Waals surface area contributed by atoms with Gasteiger partial charge >= 0.3 is 0 Å². The maximum Gasteiger partial charge on any atom is 0.235 e. The number of ether oxygens (including phenoxy) is 1. The Morgan fingerprint density at radius 3 is 2.48 bits per heavy atom. The van der Waals surface area contributed by atoms with E-state index >= 15 is 0 Å². The fourth-order valence-corrected chi connectivity index (χ4v) is 3.50. The molecule has 1 N–H and O–H groups in total. The van der Waals surface area contributed by atoms with E-state index in [1.54, 1.807) is 19.5 Å². The van der Waals surface area contributed by atoms with Crippen molar-refractivity contribution < 1.29 is 9.53 Å². The van der Waals surface area contributed by atoms with Crippen LogP contribution in [-0.2, 0) is 10.2 Å². The van der Waals surface area contributed by atoms with Gasteiger partial charge in [-0.1, -0.05) is 18.2 Å². The van der Waals surface area contributed by atoms with E-state index in [0.29, 0.717) is 5.69 Å². The van der Waals surface area contributed by atoms with Crippen LogP contribution in [0.15, 0.2) is 36.7 Å². The number of benzene rings is 1. The molecule has 130 valence electrons. The van der Waals surface area contributed by atoms with Gasteiger partial charge in [0.2, 0.25) is 11.9 Å². The van der Waals surface area contributed by atoms with Crippen LogP contribution in [0.2, 0.25) is 0 Å². The molecule has 4 rings (SSSR count). The lowest BCUT2D eigenvalue weighted by Crippen LogP contribution is -2.28. The molecular weight excluding hydrogens is 316 g/mol. The Hall–Kier alpha value is -2.63. The number of para-hydroxylation sites is 1. The standard InChI is InChI=1S/C19H22N4O2/c1-25-16-7-3-2-6-15(16)19(8-9-19)17(24)22-14-12-20-18(21-13-14)23-10-4-5-11-23/h2-3,6-7,12-13H,4-5,8-11H2,1H3,(H,22,24). The third-order valence-electron chi connectivity index (χ3n) is 5.09. The molecular formula is C19H22N4O2. The minimum absolute atomic E-state index is 0.0190. The van der Waals surface area contributed by atoms with Gasteiger partial charge in [-0.05, 0) is 31.7 Å². The minimum Gasteiger partial charge on any atom is -0.496 e. The first-order chi connectivity index (χ1) is 12.2. The van der Waals surface area contributed by atoms with Gasteiger partial charge in [-0.25, -0.2) is 9.97 Å². The molecule has 25 heavy (non-hydrogen) atoms. The monoisotopic (exact) mass is 338 g/mol. The van der Waals surface area contributed by atoms with E-state index in [0.717, 1.165) is 43.2 Å². The fourth-order valence-electron chi connectivity index (χ4n) is 3.50. The molecule has 2 fully saturated rings. The molecule has 1 amide bonds. The van der Waals surface area contributed by atoms with E-state index < -0.39 is 5.41 Å². The average Bonchev–Trinajstić information content (AvgIpc) is 3.29. The number of carbonyl (C=O) groups excluding carboxylic acids is 1. The summed E-state index contributed by atoms with van der Waals surface area (Å²) in [5.41, 5.74) is 1.08. The normalized spacial score (nSPS) is 18.0. The van der Waals surface area contributed by atoms with Crippen LogP contribution in [0.1, 0.15) is 31.2 Å². The molecule has 1 saturated carbocycles. The van der Waals surface area contributed by atoms with Crippen LogP contribution >= 0.6 is 0 Å². The molecule has 0 radical (unpaired) electrons. The summed E-state index contributed by atoms with van der Waals surface area (Å²) >= 11 is 0. The Labute approximate surface area is 147 Å². The summed E-state index contributed by atoms with van der Waals surface area (Å²) in [6.07, 6.45) is 7.40. The Kier molecular flexibility index (Phi) is 4.03. The lowest BCUT2D eigenvalue weighted by Gasteiger charge is -2.19. The maximum atomic E-state index is 12.9. The summed E-state index contributed by atoms with van der Waals surface area (Å²) in [7, 11) is 1.64. The number of amides is 1. The van der Waals surface area contributed by atoms with Gasteiger partial charge in [-0.3, -0.25) is 4.79 Å². The van der Waals surface area contributed by atoms with Crippen molar-refractivity contribution in [2.45, 2.75) is 31.1 Å². The van der Waals surface area contributed by atoms with Crippen LogP contribution in [0.4, 0.5) is 11.6 Å². The van der Waals surface area contributed by atoms with Gasteiger partial charge in [-0.15, -0.1) is 0 Å². The maximum absolute atomic E-state index is 12.9. The quantitative estimate of drug-likeness (QED) is 0.908. The second-order valence-electron chi connectivity index (χ2n) is 6.70. The van der Waals surface area contributed by atoms with Crippen molar-refractivity contribution in [2.75, 3.05) is 30.4 Å². The molecule has 1 aliphatic carbocycles. The van der Waals surface area contributed by atoms with Gasteiger partial charge in [-0.2, -0.15) is 0 Å². The SMILES string of the molecule is COc1ccccc1C1(C(=O)Nc2cnc(N3CCCC3)nc2)CC1. The van der Waals surface area contributed by atoms with E-state index in [4.69, 9.17) is 4.74 Å². The smallest absolute Gasteiger partial charge is 0.235 e. The summed E-state index contributed by atoms with van der Waals surface area (Å²) in [5.74, 6) is 1.48. The summed E-state index contributed by atoms with van der Waals surface area (Å²) in [6.45, 7) is 2.01. The zero-order valence-electron chi connectivity index (χ0n) is 14.4. The van der Waals surface area contributed by atoms with Crippen molar-refractivity contribution in [2.24, 2.45) is 0 Å².